The molecule has 2 amide bonds. The standard InChI is InChI=1S/C25H23FN4O2S/c1-15-12-21(20-10-9-19(26)13-22(20)28-15)24(32)30-25-29-23(14-33-25)18-7-5-17(6-8-18)4-3-11-27-16(2)31/h5-10,12-14H,3-4,11H2,1-2H3,(H,27,31)(H,29,30,32). The molecule has 0 atom stereocenters. The van der Waals surface area contributed by atoms with Crippen molar-refractivity contribution in [1.29, 1.82) is 0 Å². The van der Waals surface area contributed by atoms with Gasteiger partial charge >= 0.3 is 0 Å². The average molecular weight is 463 g/mol. The van der Waals surface area contributed by atoms with Crippen molar-refractivity contribution < 1.29 is 14.0 Å². The predicted molar refractivity (Wildman–Crippen MR) is 129 cm³/mol. The molecule has 2 N–H and O–H groups in total. The highest BCUT2D eigenvalue weighted by Crippen LogP contribution is 2.27. The maximum absolute atomic E-state index is 13.6. The van der Waals surface area contributed by atoms with Gasteiger partial charge in [-0.3, -0.25) is 19.9 Å². The number of anilines is 1. The normalized spacial score (nSPS) is 10.9. The second-order valence-corrected chi connectivity index (χ2v) is 8.61. The number of rotatable bonds is 7. The number of fused-ring (bicyclic) bond motifs is 1. The molecule has 168 valence electrons. The lowest BCUT2D eigenvalue weighted by Gasteiger charge is -2.07. The van der Waals surface area contributed by atoms with Crippen LogP contribution in [0.5, 0.6) is 0 Å². The van der Waals surface area contributed by atoms with Crippen LogP contribution in [-0.4, -0.2) is 28.3 Å². The lowest BCUT2D eigenvalue weighted by Crippen LogP contribution is -2.21. The van der Waals surface area contributed by atoms with Gasteiger partial charge in [-0.05, 0) is 43.5 Å². The van der Waals surface area contributed by atoms with E-state index in [1.807, 2.05) is 29.6 Å². The second-order valence-electron chi connectivity index (χ2n) is 7.75. The number of nitrogens with one attached hydrogen (secondary N) is 2. The number of aryl methyl sites for hydroxylation is 2. The quantitative estimate of drug-likeness (QED) is 0.373. The first-order chi connectivity index (χ1) is 15.9. The molecule has 0 fully saturated rings. The van der Waals surface area contributed by atoms with Gasteiger partial charge in [-0.25, -0.2) is 9.37 Å². The Balaban J connectivity index is 1.44. The fourth-order valence-electron chi connectivity index (χ4n) is 3.55. The lowest BCUT2D eigenvalue weighted by atomic mass is 10.1. The summed E-state index contributed by atoms with van der Waals surface area (Å²) in [4.78, 5) is 32.7. The van der Waals surface area contributed by atoms with E-state index >= 15 is 0 Å². The molecule has 0 aliphatic carbocycles. The molecule has 0 bridgehead atoms. The van der Waals surface area contributed by atoms with Crippen LogP contribution in [0, 0.1) is 12.7 Å². The fourth-order valence-corrected chi connectivity index (χ4v) is 4.26. The number of hydrogen-bond acceptors (Lipinski definition) is 5. The van der Waals surface area contributed by atoms with E-state index in [2.05, 4.69) is 20.6 Å². The molecule has 0 saturated carbocycles. The Hall–Kier alpha value is -3.65. The Kier molecular flexibility index (Phi) is 6.74. The van der Waals surface area contributed by atoms with Crippen LogP contribution in [0.25, 0.3) is 22.2 Å². The number of carbonyl (C=O) groups excluding carboxylic acids is 2. The molecule has 0 aliphatic rings. The predicted octanol–water partition coefficient (Wildman–Crippen LogP) is 5.13. The van der Waals surface area contributed by atoms with Crippen LogP contribution in [0.4, 0.5) is 9.52 Å². The van der Waals surface area contributed by atoms with Crippen LogP contribution in [0.2, 0.25) is 0 Å². The SMILES string of the molecule is CC(=O)NCCCc1ccc(-c2csc(NC(=O)c3cc(C)nc4cc(F)ccc34)n2)cc1. The molecular weight excluding hydrogens is 439 g/mol. The second kappa shape index (κ2) is 9.87. The summed E-state index contributed by atoms with van der Waals surface area (Å²) in [6.45, 7) is 3.94. The van der Waals surface area contributed by atoms with E-state index in [-0.39, 0.29) is 11.8 Å². The van der Waals surface area contributed by atoms with Crippen molar-refractivity contribution in [2.75, 3.05) is 11.9 Å². The highest BCUT2D eigenvalue weighted by molar-refractivity contribution is 7.14. The van der Waals surface area contributed by atoms with Crippen LogP contribution in [0.1, 0.15) is 35.0 Å². The summed E-state index contributed by atoms with van der Waals surface area (Å²) in [6, 6.07) is 14.0. The van der Waals surface area contributed by atoms with Crippen LogP contribution in [0.3, 0.4) is 0 Å². The molecule has 33 heavy (non-hydrogen) atoms. The van der Waals surface area contributed by atoms with Crippen molar-refractivity contribution in [2.24, 2.45) is 0 Å². The molecule has 0 saturated heterocycles. The van der Waals surface area contributed by atoms with E-state index in [1.54, 1.807) is 19.1 Å². The van der Waals surface area contributed by atoms with Gasteiger partial charge in [0.1, 0.15) is 5.82 Å². The Morgan fingerprint density at radius 2 is 1.85 bits per heavy atom. The molecule has 6 nitrogen and oxygen atoms in total. The van der Waals surface area contributed by atoms with Gasteiger partial charge < -0.3 is 5.32 Å². The van der Waals surface area contributed by atoms with Gasteiger partial charge in [0.25, 0.3) is 5.91 Å². The van der Waals surface area contributed by atoms with Crippen molar-refractivity contribution in [3.8, 4) is 11.3 Å². The number of thiazole rings is 1. The van der Waals surface area contributed by atoms with Crippen molar-refractivity contribution in [2.45, 2.75) is 26.7 Å². The summed E-state index contributed by atoms with van der Waals surface area (Å²) in [6.07, 6.45) is 1.75. The maximum Gasteiger partial charge on any atom is 0.258 e. The minimum Gasteiger partial charge on any atom is -0.356 e. The van der Waals surface area contributed by atoms with Gasteiger partial charge in [0.2, 0.25) is 5.91 Å². The first kappa shape index (κ1) is 22.5. The van der Waals surface area contributed by atoms with Crippen LogP contribution in [0.15, 0.2) is 53.9 Å². The van der Waals surface area contributed by atoms with Crippen molar-refractivity contribution >= 4 is 39.2 Å². The number of halogens is 1. The van der Waals surface area contributed by atoms with Gasteiger partial charge in [-0.15, -0.1) is 11.3 Å². The number of aromatic nitrogens is 2. The molecule has 2 heterocycles. The molecule has 4 aromatic rings. The maximum atomic E-state index is 13.6. The van der Waals surface area contributed by atoms with Crippen molar-refractivity contribution in [1.82, 2.24) is 15.3 Å². The zero-order valence-corrected chi connectivity index (χ0v) is 19.1. The molecule has 4 rings (SSSR count). The highest BCUT2D eigenvalue weighted by Gasteiger charge is 2.15. The summed E-state index contributed by atoms with van der Waals surface area (Å²) in [5, 5.41) is 8.61. The number of benzene rings is 2. The first-order valence-corrected chi connectivity index (χ1v) is 11.4. The van der Waals surface area contributed by atoms with Crippen LogP contribution < -0.4 is 10.6 Å². The minimum atomic E-state index is -0.393. The zero-order chi connectivity index (χ0) is 23.4. The molecule has 2 aromatic carbocycles. The number of pyridine rings is 1. The van der Waals surface area contributed by atoms with Crippen molar-refractivity contribution in [3.63, 3.8) is 0 Å². The van der Waals surface area contributed by atoms with Gasteiger partial charge in [-0.2, -0.15) is 0 Å². The zero-order valence-electron chi connectivity index (χ0n) is 18.3. The van der Waals surface area contributed by atoms with E-state index in [0.29, 0.717) is 33.8 Å². The van der Waals surface area contributed by atoms with Gasteiger partial charge in [0.05, 0.1) is 16.8 Å². The molecule has 8 heteroatoms. The number of nitrogens with zero attached hydrogens (tertiary/aromatic N) is 2. The molecule has 0 spiro atoms. The Labute approximate surface area is 194 Å². The molecule has 0 radical (unpaired) electrons. The largest absolute Gasteiger partial charge is 0.356 e. The van der Waals surface area contributed by atoms with E-state index in [4.69, 9.17) is 0 Å². The summed E-state index contributed by atoms with van der Waals surface area (Å²) < 4.78 is 13.6. The topological polar surface area (TPSA) is 84.0 Å². The summed E-state index contributed by atoms with van der Waals surface area (Å²) in [7, 11) is 0. The fraction of sp³-hybridized carbons (Fsp3) is 0.200. The molecular formula is C25H23FN4O2S. The lowest BCUT2D eigenvalue weighted by molar-refractivity contribution is -0.118. The van der Waals surface area contributed by atoms with E-state index in [9.17, 15) is 14.0 Å². The number of carbonyl (C=O) groups is 2. The Morgan fingerprint density at radius 1 is 1.06 bits per heavy atom. The minimum absolute atomic E-state index is 0.0158. The summed E-state index contributed by atoms with van der Waals surface area (Å²) >= 11 is 1.34. The third-order valence-corrected chi connectivity index (χ3v) is 5.89. The molecule has 0 aliphatic heterocycles. The number of hydrogen-bond donors (Lipinski definition) is 2. The van der Waals surface area contributed by atoms with E-state index in [1.165, 1.54) is 36.0 Å². The first-order valence-electron chi connectivity index (χ1n) is 10.6. The average Bonchev–Trinajstić information content (AvgIpc) is 3.24. The third kappa shape index (κ3) is 5.59. The Morgan fingerprint density at radius 3 is 2.61 bits per heavy atom. The van der Waals surface area contributed by atoms with Crippen LogP contribution in [-0.2, 0) is 11.2 Å². The molecule has 0 unspecified atom stereocenters. The van der Waals surface area contributed by atoms with Gasteiger partial charge in [0.15, 0.2) is 5.13 Å². The highest BCUT2D eigenvalue weighted by atomic mass is 32.1. The third-order valence-electron chi connectivity index (χ3n) is 5.14. The van der Waals surface area contributed by atoms with Gasteiger partial charge in [-0.1, -0.05) is 24.3 Å². The molecule has 2 aromatic heterocycles. The summed E-state index contributed by atoms with van der Waals surface area (Å²) in [5.74, 6) is -0.722. The van der Waals surface area contributed by atoms with E-state index in [0.717, 1.165) is 24.1 Å². The summed E-state index contributed by atoms with van der Waals surface area (Å²) in [5.41, 5.74) is 4.42. The number of amides is 2. The van der Waals surface area contributed by atoms with Crippen molar-refractivity contribution in [3.05, 3.63) is 76.5 Å². The van der Waals surface area contributed by atoms with E-state index < -0.39 is 5.82 Å². The monoisotopic (exact) mass is 462 g/mol. The smallest absolute Gasteiger partial charge is 0.258 e. The Bertz CT molecular complexity index is 1310. The van der Waals surface area contributed by atoms with Gasteiger partial charge in [0, 0.05) is 41.6 Å². The van der Waals surface area contributed by atoms with Crippen LogP contribution >= 0.6 is 11.3 Å².